The summed E-state index contributed by atoms with van der Waals surface area (Å²) in [6.07, 6.45) is 2.10. The first kappa shape index (κ1) is 17.9. The Balaban J connectivity index is 0.000000129. The van der Waals surface area contributed by atoms with E-state index >= 15 is 0 Å². The van der Waals surface area contributed by atoms with Crippen LogP contribution in [0.4, 0.5) is 0 Å². The fourth-order valence-corrected chi connectivity index (χ4v) is 4.00. The maximum absolute atomic E-state index is 3.30. The topological polar surface area (TPSA) is 0 Å². The van der Waals surface area contributed by atoms with Gasteiger partial charge in [0.15, 0.2) is 0 Å². The van der Waals surface area contributed by atoms with E-state index in [0.717, 1.165) is 12.8 Å². The molecule has 27 heavy (non-hydrogen) atoms. The van der Waals surface area contributed by atoms with Gasteiger partial charge in [0.25, 0.3) is 0 Å². The summed E-state index contributed by atoms with van der Waals surface area (Å²) in [6.45, 7) is 0. The predicted molar refractivity (Wildman–Crippen MR) is 107 cm³/mol. The average Bonchev–Trinajstić information content (AvgIpc) is 3.27. The van der Waals surface area contributed by atoms with Crippen LogP contribution in [-0.4, -0.2) is 0 Å². The zero-order chi connectivity index (χ0) is 17.3. The SMILES string of the molecule is [V+2].[c-]1cccc2c1Cc1ccccc1-2.[c-]1cccc2c1Cc1ccccc1-2. The maximum Gasteiger partial charge on any atom is 2.00 e. The van der Waals surface area contributed by atoms with E-state index in [1.165, 1.54) is 44.5 Å². The Morgan fingerprint density at radius 1 is 0.481 bits per heavy atom. The third-order valence-electron chi connectivity index (χ3n) is 5.23. The normalized spacial score (nSPS) is 11.9. The van der Waals surface area contributed by atoms with E-state index in [0.29, 0.717) is 0 Å². The second kappa shape index (κ2) is 7.60. The van der Waals surface area contributed by atoms with Crippen molar-refractivity contribution in [2.45, 2.75) is 12.8 Å². The van der Waals surface area contributed by atoms with E-state index in [1.807, 2.05) is 12.1 Å². The van der Waals surface area contributed by atoms with Crippen molar-refractivity contribution in [3.8, 4) is 22.3 Å². The van der Waals surface area contributed by atoms with Gasteiger partial charge in [-0.2, -0.15) is 59.7 Å². The van der Waals surface area contributed by atoms with Gasteiger partial charge in [0.05, 0.1) is 0 Å². The molecule has 0 atom stereocenters. The molecule has 4 aromatic carbocycles. The Morgan fingerprint density at radius 3 is 1.37 bits per heavy atom. The van der Waals surface area contributed by atoms with Crippen LogP contribution < -0.4 is 0 Å². The fourth-order valence-electron chi connectivity index (χ4n) is 4.00. The third kappa shape index (κ3) is 3.27. The molecule has 0 spiro atoms. The molecule has 0 fully saturated rings. The van der Waals surface area contributed by atoms with Crippen molar-refractivity contribution >= 4 is 0 Å². The van der Waals surface area contributed by atoms with Gasteiger partial charge < -0.3 is 0 Å². The number of rotatable bonds is 0. The summed E-state index contributed by atoms with van der Waals surface area (Å²) in [4.78, 5) is 0. The summed E-state index contributed by atoms with van der Waals surface area (Å²) in [5.74, 6) is 0. The van der Waals surface area contributed by atoms with E-state index in [4.69, 9.17) is 0 Å². The van der Waals surface area contributed by atoms with Crippen molar-refractivity contribution in [3.63, 3.8) is 0 Å². The molecule has 0 unspecified atom stereocenters. The Hall–Kier alpha value is -2.54. The van der Waals surface area contributed by atoms with Crippen LogP contribution >= 0.6 is 0 Å². The monoisotopic (exact) mass is 381 g/mol. The van der Waals surface area contributed by atoms with Crippen molar-refractivity contribution in [3.05, 3.63) is 119 Å². The van der Waals surface area contributed by atoms with Gasteiger partial charge >= 0.3 is 18.6 Å². The van der Waals surface area contributed by atoms with Crippen LogP contribution in [-0.2, 0) is 31.4 Å². The minimum atomic E-state index is 0. The molecule has 2 aliphatic carbocycles. The number of fused-ring (bicyclic) bond motifs is 6. The summed E-state index contributed by atoms with van der Waals surface area (Å²) in [5.41, 5.74) is 11.0. The second-order valence-electron chi connectivity index (χ2n) is 6.79. The summed E-state index contributed by atoms with van der Waals surface area (Å²) in [5, 5.41) is 0. The zero-order valence-electron chi connectivity index (χ0n) is 14.9. The summed E-state index contributed by atoms with van der Waals surface area (Å²) in [6, 6.07) is 36.2. The Morgan fingerprint density at radius 2 is 0.889 bits per heavy atom. The van der Waals surface area contributed by atoms with Crippen molar-refractivity contribution in [1.82, 2.24) is 0 Å². The molecule has 0 heterocycles. The Labute approximate surface area is 172 Å². The van der Waals surface area contributed by atoms with Crippen LogP contribution in [0.3, 0.4) is 0 Å². The van der Waals surface area contributed by atoms with Gasteiger partial charge in [0, 0.05) is 0 Å². The largest absolute Gasteiger partial charge is 2.00 e. The van der Waals surface area contributed by atoms with Crippen LogP contribution in [0.25, 0.3) is 22.3 Å². The molecule has 0 aliphatic heterocycles. The first-order chi connectivity index (χ1) is 12.9. The van der Waals surface area contributed by atoms with Gasteiger partial charge in [-0.15, -0.1) is 11.1 Å². The van der Waals surface area contributed by atoms with Gasteiger partial charge in [-0.05, 0) is 12.8 Å². The average molecular weight is 381 g/mol. The number of benzene rings is 4. The standard InChI is InChI=1S/2C13H9.V/c2*1-3-7-12-10(5-1)9-11-6-2-4-8-13(11)12;/h2*1-5,7-8H,9H2;/q2*-1;+2. The van der Waals surface area contributed by atoms with Crippen LogP contribution in [0.5, 0.6) is 0 Å². The molecule has 0 amide bonds. The van der Waals surface area contributed by atoms with Crippen molar-refractivity contribution in [2.24, 2.45) is 0 Å². The number of hydrogen-bond donors (Lipinski definition) is 0. The van der Waals surface area contributed by atoms with E-state index in [9.17, 15) is 0 Å². The fraction of sp³-hybridized carbons (Fsp3) is 0.0769. The van der Waals surface area contributed by atoms with Gasteiger partial charge in [-0.3, -0.25) is 0 Å². The molecule has 0 aromatic heterocycles. The molecule has 0 nitrogen and oxygen atoms in total. The van der Waals surface area contributed by atoms with Gasteiger partial charge in [-0.1, -0.05) is 70.8 Å². The van der Waals surface area contributed by atoms with Gasteiger partial charge in [0.1, 0.15) is 0 Å². The summed E-state index contributed by atoms with van der Waals surface area (Å²) < 4.78 is 0. The molecule has 0 saturated carbocycles. The van der Waals surface area contributed by atoms with Crippen molar-refractivity contribution in [2.75, 3.05) is 0 Å². The molecule has 0 N–H and O–H groups in total. The molecule has 1 heteroatoms. The quantitative estimate of drug-likeness (QED) is 0.278. The van der Waals surface area contributed by atoms with E-state index in [1.54, 1.807) is 0 Å². The van der Waals surface area contributed by atoms with Crippen LogP contribution in [0.1, 0.15) is 22.3 Å². The minimum absolute atomic E-state index is 0. The van der Waals surface area contributed by atoms with Crippen molar-refractivity contribution in [1.29, 1.82) is 0 Å². The first-order valence-electron chi connectivity index (χ1n) is 9.06. The Bertz CT molecular complexity index is 918. The van der Waals surface area contributed by atoms with Crippen molar-refractivity contribution < 1.29 is 18.6 Å². The zero-order valence-corrected chi connectivity index (χ0v) is 16.3. The Kier molecular flexibility index (Phi) is 5.03. The molecular weight excluding hydrogens is 363 g/mol. The summed E-state index contributed by atoms with van der Waals surface area (Å²) in [7, 11) is 0. The number of hydrogen-bond acceptors (Lipinski definition) is 0. The molecular formula is C26H18V. The first-order valence-corrected chi connectivity index (χ1v) is 9.06. The predicted octanol–water partition coefficient (Wildman–Crippen LogP) is 6.11. The van der Waals surface area contributed by atoms with Gasteiger partial charge in [0.2, 0.25) is 0 Å². The van der Waals surface area contributed by atoms with E-state index in [2.05, 4.69) is 84.9 Å². The molecule has 1 radical (unpaired) electrons. The molecule has 4 aromatic rings. The molecule has 2 aliphatic rings. The molecule has 0 saturated heterocycles. The summed E-state index contributed by atoms with van der Waals surface area (Å²) >= 11 is 0. The van der Waals surface area contributed by atoms with E-state index in [-0.39, 0.29) is 18.6 Å². The van der Waals surface area contributed by atoms with Gasteiger partial charge in [-0.25, -0.2) is 0 Å². The maximum atomic E-state index is 3.30. The minimum Gasteiger partial charge on any atom is -0.179 e. The molecule has 0 bridgehead atoms. The molecule has 6 rings (SSSR count). The third-order valence-corrected chi connectivity index (χ3v) is 5.23. The van der Waals surface area contributed by atoms with Crippen LogP contribution in [0.2, 0.25) is 0 Å². The van der Waals surface area contributed by atoms with Crippen LogP contribution in [0.15, 0.2) is 84.9 Å². The smallest absolute Gasteiger partial charge is 0.179 e. The molecule has 127 valence electrons. The van der Waals surface area contributed by atoms with E-state index < -0.39 is 0 Å². The second-order valence-corrected chi connectivity index (χ2v) is 6.79. The van der Waals surface area contributed by atoms with Crippen LogP contribution in [0, 0.1) is 12.1 Å².